The Morgan fingerprint density at radius 2 is 2.00 bits per heavy atom. The molecule has 0 radical (unpaired) electrons. The van der Waals surface area contributed by atoms with E-state index in [-0.39, 0.29) is 5.91 Å². The first kappa shape index (κ1) is 18.1. The number of nitrogens with zero attached hydrogens (tertiary/aromatic N) is 1. The van der Waals surface area contributed by atoms with Crippen LogP contribution in [-0.4, -0.2) is 18.0 Å². The summed E-state index contributed by atoms with van der Waals surface area (Å²) in [5, 5.41) is 5.39. The highest BCUT2D eigenvalue weighted by atomic mass is 32.1. The summed E-state index contributed by atoms with van der Waals surface area (Å²) < 4.78 is 5.16. The molecule has 0 spiro atoms. The number of amides is 1. The number of aromatic nitrogens is 1. The van der Waals surface area contributed by atoms with Gasteiger partial charge >= 0.3 is 0 Å². The average molecular weight is 366 g/mol. The predicted molar refractivity (Wildman–Crippen MR) is 107 cm³/mol. The lowest BCUT2D eigenvalue weighted by Crippen LogP contribution is -2.11. The molecule has 0 aliphatic carbocycles. The Labute approximate surface area is 157 Å². The Kier molecular flexibility index (Phi) is 5.68. The summed E-state index contributed by atoms with van der Waals surface area (Å²) in [5.41, 5.74) is 3.79. The zero-order valence-electron chi connectivity index (χ0n) is 15.2. The molecule has 0 saturated heterocycles. The molecule has 2 aromatic carbocycles. The van der Waals surface area contributed by atoms with Crippen molar-refractivity contribution in [2.45, 2.75) is 26.2 Å². The molecular formula is C21H22N2O2S. The molecule has 0 saturated carbocycles. The van der Waals surface area contributed by atoms with Gasteiger partial charge in [0.2, 0.25) is 0 Å². The van der Waals surface area contributed by atoms with E-state index < -0.39 is 0 Å². The van der Waals surface area contributed by atoms with Gasteiger partial charge < -0.3 is 4.74 Å². The molecule has 0 aliphatic rings. The highest BCUT2D eigenvalue weighted by Gasteiger charge is 2.11. The molecule has 26 heavy (non-hydrogen) atoms. The van der Waals surface area contributed by atoms with Crippen LogP contribution in [-0.2, 0) is 0 Å². The van der Waals surface area contributed by atoms with Crippen molar-refractivity contribution in [3.63, 3.8) is 0 Å². The molecule has 3 rings (SSSR count). The van der Waals surface area contributed by atoms with E-state index in [4.69, 9.17) is 4.74 Å². The molecule has 1 atom stereocenters. The Balaban J connectivity index is 1.72. The normalized spacial score (nSPS) is 11.8. The standard InChI is InChI=1S/C21H22N2O2S/c1-4-14(2)15-8-10-16(11-9-15)19-13-26-21(22-19)23-20(24)17-6-5-7-18(12-17)25-3/h5-14H,4H2,1-3H3,(H,22,23,24). The number of hydrogen-bond donors (Lipinski definition) is 1. The predicted octanol–water partition coefficient (Wildman–Crippen LogP) is 5.58. The van der Waals surface area contributed by atoms with Crippen LogP contribution in [0.1, 0.15) is 42.1 Å². The van der Waals surface area contributed by atoms with Crippen LogP contribution in [0.5, 0.6) is 5.75 Å². The smallest absolute Gasteiger partial charge is 0.257 e. The number of thiazole rings is 1. The monoisotopic (exact) mass is 366 g/mol. The summed E-state index contributed by atoms with van der Waals surface area (Å²) in [7, 11) is 1.58. The number of hydrogen-bond acceptors (Lipinski definition) is 4. The second kappa shape index (κ2) is 8.15. The van der Waals surface area contributed by atoms with E-state index in [9.17, 15) is 4.79 Å². The Bertz CT molecular complexity index is 887. The summed E-state index contributed by atoms with van der Waals surface area (Å²) in [6.07, 6.45) is 1.12. The minimum Gasteiger partial charge on any atom is -0.497 e. The lowest BCUT2D eigenvalue weighted by molar-refractivity contribution is 0.102. The third-order valence-electron chi connectivity index (χ3n) is 4.44. The number of anilines is 1. The molecule has 4 nitrogen and oxygen atoms in total. The second-order valence-electron chi connectivity index (χ2n) is 6.16. The highest BCUT2D eigenvalue weighted by Crippen LogP contribution is 2.27. The van der Waals surface area contributed by atoms with Crippen molar-refractivity contribution in [2.24, 2.45) is 0 Å². The Morgan fingerprint density at radius 1 is 1.23 bits per heavy atom. The van der Waals surface area contributed by atoms with Crippen LogP contribution >= 0.6 is 11.3 Å². The fourth-order valence-electron chi connectivity index (χ4n) is 2.62. The third-order valence-corrected chi connectivity index (χ3v) is 5.20. The minimum atomic E-state index is -0.197. The van der Waals surface area contributed by atoms with Gasteiger partial charge in [0.15, 0.2) is 5.13 Å². The van der Waals surface area contributed by atoms with Crippen LogP contribution < -0.4 is 10.1 Å². The topological polar surface area (TPSA) is 51.2 Å². The van der Waals surface area contributed by atoms with Crippen molar-refractivity contribution in [3.05, 3.63) is 65.0 Å². The molecule has 0 bridgehead atoms. The van der Waals surface area contributed by atoms with Gasteiger partial charge in [0.25, 0.3) is 5.91 Å². The number of benzene rings is 2. The van der Waals surface area contributed by atoms with E-state index in [0.717, 1.165) is 17.7 Å². The first-order valence-electron chi connectivity index (χ1n) is 8.62. The summed E-state index contributed by atoms with van der Waals surface area (Å²) >= 11 is 1.42. The summed E-state index contributed by atoms with van der Waals surface area (Å²) in [6, 6.07) is 15.5. The third kappa shape index (κ3) is 4.11. The van der Waals surface area contributed by atoms with Crippen LogP contribution in [0.2, 0.25) is 0 Å². The van der Waals surface area contributed by atoms with Crippen molar-refractivity contribution in [1.82, 2.24) is 4.98 Å². The van der Waals surface area contributed by atoms with Gasteiger partial charge in [-0.2, -0.15) is 0 Å². The first-order valence-corrected chi connectivity index (χ1v) is 9.50. The lowest BCUT2D eigenvalue weighted by Gasteiger charge is -2.08. The molecule has 0 aliphatic heterocycles. The number of methoxy groups -OCH3 is 1. The summed E-state index contributed by atoms with van der Waals surface area (Å²) in [5.74, 6) is 1.01. The van der Waals surface area contributed by atoms with E-state index >= 15 is 0 Å². The van der Waals surface area contributed by atoms with Gasteiger partial charge in [0.1, 0.15) is 5.75 Å². The van der Waals surface area contributed by atoms with Crippen LogP contribution in [0, 0.1) is 0 Å². The number of carbonyl (C=O) groups is 1. The average Bonchev–Trinajstić information content (AvgIpc) is 3.16. The largest absolute Gasteiger partial charge is 0.497 e. The van der Waals surface area contributed by atoms with Gasteiger partial charge in [-0.3, -0.25) is 10.1 Å². The van der Waals surface area contributed by atoms with Gasteiger partial charge in [0, 0.05) is 16.5 Å². The number of carbonyl (C=O) groups excluding carboxylic acids is 1. The van der Waals surface area contributed by atoms with E-state index in [0.29, 0.717) is 22.4 Å². The molecule has 3 aromatic rings. The molecule has 1 amide bonds. The van der Waals surface area contributed by atoms with Gasteiger partial charge in [-0.1, -0.05) is 44.2 Å². The maximum Gasteiger partial charge on any atom is 0.257 e. The molecule has 1 N–H and O–H groups in total. The minimum absolute atomic E-state index is 0.197. The maximum absolute atomic E-state index is 12.4. The second-order valence-corrected chi connectivity index (χ2v) is 7.01. The Hall–Kier alpha value is -2.66. The fourth-order valence-corrected chi connectivity index (χ4v) is 3.33. The lowest BCUT2D eigenvalue weighted by atomic mass is 9.97. The zero-order valence-corrected chi connectivity index (χ0v) is 16.0. The molecular weight excluding hydrogens is 344 g/mol. The van der Waals surface area contributed by atoms with E-state index in [1.807, 2.05) is 5.38 Å². The summed E-state index contributed by atoms with van der Waals surface area (Å²) in [6.45, 7) is 4.42. The van der Waals surface area contributed by atoms with E-state index in [1.54, 1.807) is 31.4 Å². The van der Waals surface area contributed by atoms with Crippen LogP contribution in [0.4, 0.5) is 5.13 Å². The van der Waals surface area contributed by atoms with Crippen molar-refractivity contribution in [2.75, 3.05) is 12.4 Å². The number of rotatable bonds is 6. The quantitative estimate of drug-likeness (QED) is 0.619. The first-order chi connectivity index (χ1) is 12.6. The van der Waals surface area contributed by atoms with Gasteiger partial charge in [-0.15, -0.1) is 11.3 Å². The number of ether oxygens (including phenoxy) is 1. The SMILES string of the molecule is CCC(C)c1ccc(-c2csc(NC(=O)c3cccc(OC)c3)n2)cc1. The molecule has 0 fully saturated rings. The van der Waals surface area contributed by atoms with Crippen LogP contribution in [0.15, 0.2) is 53.9 Å². The van der Waals surface area contributed by atoms with Crippen LogP contribution in [0.3, 0.4) is 0 Å². The van der Waals surface area contributed by atoms with Crippen molar-refractivity contribution >= 4 is 22.4 Å². The van der Waals surface area contributed by atoms with E-state index in [2.05, 4.69) is 48.4 Å². The molecule has 1 heterocycles. The molecule has 1 aromatic heterocycles. The van der Waals surface area contributed by atoms with Crippen molar-refractivity contribution in [3.8, 4) is 17.0 Å². The molecule has 134 valence electrons. The van der Waals surface area contributed by atoms with Crippen LogP contribution in [0.25, 0.3) is 11.3 Å². The van der Waals surface area contributed by atoms with E-state index in [1.165, 1.54) is 16.9 Å². The summed E-state index contributed by atoms with van der Waals surface area (Å²) in [4.78, 5) is 16.9. The zero-order chi connectivity index (χ0) is 18.5. The number of nitrogens with one attached hydrogen (secondary N) is 1. The van der Waals surface area contributed by atoms with Gasteiger partial charge in [-0.05, 0) is 36.1 Å². The van der Waals surface area contributed by atoms with Crippen molar-refractivity contribution in [1.29, 1.82) is 0 Å². The highest BCUT2D eigenvalue weighted by molar-refractivity contribution is 7.14. The molecule has 1 unspecified atom stereocenters. The Morgan fingerprint density at radius 3 is 2.69 bits per heavy atom. The van der Waals surface area contributed by atoms with Gasteiger partial charge in [0.05, 0.1) is 12.8 Å². The van der Waals surface area contributed by atoms with Crippen molar-refractivity contribution < 1.29 is 9.53 Å². The fraction of sp³-hybridized carbons (Fsp3) is 0.238. The van der Waals surface area contributed by atoms with Gasteiger partial charge in [-0.25, -0.2) is 4.98 Å². The maximum atomic E-state index is 12.4. The molecule has 5 heteroatoms.